The fraction of sp³-hybridized carbons (Fsp3) is 0.400. The molecule has 2 aliphatic heterocycles. The molecular weight excluding hydrogens is 450 g/mol. The van der Waals surface area contributed by atoms with Gasteiger partial charge in [0.25, 0.3) is 5.91 Å². The molecule has 1 atom stereocenters. The van der Waals surface area contributed by atoms with Gasteiger partial charge in [0.1, 0.15) is 5.75 Å². The number of rotatable bonds is 7. The fourth-order valence-electron chi connectivity index (χ4n) is 5.61. The van der Waals surface area contributed by atoms with E-state index in [-0.39, 0.29) is 23.8 Å². The maximum Gasteiger partial charge on any atom is 0.254 e. The summed E-state index contributed by atoms with van der Waals surface area (Å²) < 4.78 is 5.32. The molecule has 2 aliphatic rings. The maximum absolute atomic E-state index is 13.3. The number of methoxy groups -OCH3 is 1. The minimum Gasteiger partial charge on any atom is -0.497 e. The largest absolute Gasteiger partial charge is 0.497 e. The van der Waals surface area contributed by atoms with Gasteiger partial charge in [-0.25, -0.2) is 0 Å². The summed E-state index contributed by atoms with van der Waals surface area (Å²) >= 11 is 0. The molecule has 2 amide bonds. The van der Waals surface area contributed by atoms with Crippen molar-refractivity contribution in [1.29, 1.82) is 0 Å². The number of carbonyl (C=O) groups is 2. The Balaban J connectivity index is 1.18. The Morgan fingerprint density at radius 2 is 1.61 bits per heavy atom. The second-order valence-electron chi connectivity index (χ2n) is 9.87. The van der Waals surface area contributed by atoms with Crippen molar-refractivity contribution in [2.75, 3.05) is 39.8 Å². The summed E-state index contributed by atoms with van der Waals surface area (Å²) in [4.78, 5) is 30.7. The first-order valence-corrected chi connectivity index (χ1v) is 13.1. The second-order valence-corrected chi connectivity index (χ2v) is 9.87. The van der Waals surface area contributed by atoms with Crippen LogP contribution in [-0.2, 0) is 4.79 Å². The van der Waals surface area contributed by atoms with Gasteiger partial charge in [-0.05, 0) is 73.3 Å². The number of nitrogens with zero attached hydrogens (tertiary/aromatic N) is 2. The first-order valence-electron chi connectivity index (χ1n) is 13.1. The lowest BCUT2D eigenvalue weighted by Gasteiger charge is -2.33. The van der Waals surface area contributed by atoms with Crippen molar-refractivity contribution < 1.29 is 14.3 Å². The normalized spacial score (nSPS) is 17.8. The molecule has 0 radical (unpaired) electrons. The summed E-state index contributed by atoms with van der Waals surface area (Å²) in [5.41, 5.74) is 1.94. The first-order chi connectivity index (χ1) is 17.6. The van der Waals surface area contributed by atoms with Crippen LogP contribution in [0.2, 0.25) is 0 Å². The van der Waals surface area contributed by atoms with Gasteiger partial charge < -0.3 is 15.0 Å². The van der Waals surface area contributed by atoms with E-state index < -0.39 is 0 Å². The van der Waals surface area contributed by atoms with Crippen molar-refractivity contribution in [3.8, 4) is 5.75 Å². The van der Waals surface area contributed by atoms with Gasteiger partial charge in [0.2, 0.25) is 5.91 Å². The third-order valence-electron chi connectivity index (χ3n) is 7.72. The van der Waals surface area contributed by atoms with Gasteiger partial charge >= 0.3 is 0 Å². The van der Waals surface area contributed by atoms with Gasteiger partial charge in [-0.2, -0.15) is 0 Å². The van der Waals surface area contributed by atoms with E-state index in [1.54, 1.807) is 7.11 Å². The Bertz CT molecular complexity index is 1190. The zero-order valence-electron chi connectivity index (χ0n) is 21.0. The highest BCUT2D eigenvalue weighted by atomic mass is 16.5. The van der Waals surface area contributed by atoms with Gasteiger partial charge in [-0.3, -0.25) is 14.5 Å². The molecule has 2 heterocycles. The summed E-state index contributed by atoms with van der Waals surface area (Å²) in [6.07, 6.45) is 3.78. The third-order valence-corrected chi connectivity index (χ3v) is 7.72. The molecule has 3 aromatic rings. The number of carbonyl (C=O) groups excluding carboxylic acids is 2. The first kappa shape index (κ1) is 24.3. The molecule has 0 aliphatic carbocycles. The van der Waals surface area contributed by atoms with E-state index in [1.807, 2.05) is 59.5 Å². The number of benzene rings is 3. The third kappa shape index (κ3) is 5.24. The van der Waals surface area contributed by atoms with Gasteiger partial charge in [0.15, 0.2) is 0 Å². The lowest BCUT2D eigenvalue weighted by Crippen LogP contribution is -2.44. The van der Waals surface area contributed by atoms with Gasteiger partial charge in [0, 0.05) is 31.1 Å². The van der Waals surface area contributed by atoms with Crippen molar-refractivity contribution in [3.05, 3.63) is 77.9 Å². The number of amides is 2. The Kier molecular flexibility index (Phi) is 7.52. The molecule has 1 unspecified atom stereocenters. The van der Waals surface area contributed by atoms with Crippen molar-refractivity contribution in [2.24, 2.45) is 5.92 Å². The van der Waals surface area contributed by atoms with Crippen LogP contribution in [0.3, 0.4) is 0 Å². The fourth-order valence-corrected chi connectivity index (χ4v) is 5.61. The van der Waals surface area contributed by atoms with Crippen LogP contribution in [0.15, 0.2) is 66.7 Å². The molecule has 0 saturated carbocycles. The highest BCUT2D eigenvalue weighted by Gasteiger charge is 2.30. The number of hydrogen-bond acceptors (Lipinski definition) is 4. The predicted molar refractivity (Wildman–Crippen MR) is 142 cm³/mol. The minimum absolute atomic E-state index is 0.0549. The van der Waals surface area contributed by atoms with Crippen LogP contribution in [0.1, 0.15) is 47.6 Å². The molecule has 6 heteroatoms. The average molecular weight is 486 g/mol. The van der Waals surface area contributed by atoms with E-state index in [0.29, 0.717) is 32.5 Å². The van der Waals surface area contributed by atoms with Gasteiger partial charge in [-0.15, -0.1) is 0 Å². The molecule has 2 fully saturated rings. The Morgan fingerprint density at radius 1 is 0.917 bits per heavy atom. The van der Waals surface area contributed by atoms with E-state index in [2.05, 4.69) is 22.3 Å². The Labute approximate surface area is 213 Å². The van der Waals surface area contributed by atoms with E-state index in [1.165, 1.54) is 18.4 Å². The highest BCUT2D eigenvalue weighted by molar-refractivity contribution is 6.07. The van der Waals surface area contributed by atoms with E-state index in [4.69, 9.17) is 4.74 Å². The summed E-state index contributed by atoms with van der Waals surface area (Å²) in [6, 6.07) is 22.2. The zero-order valence-corrected chi connectivity index (χ0v) is 21.0. The number of ether oxygens (including phenoxy) is 1. The van der Waals surface area contributed by atoms with Crippen LogP contribution < -0.4 is 10.1 Å². The monoisotopic (exact) mass is 485 g/mol. The lowest BCUT2D eigenvalue weighted by molar-refractivity contribution is -0.126. The Hall–Kier alpha value is -3.38. The molecule has 1 N–H and O–H groups in total. The van der Waals surface area contributed by atoms with Crippen molar-refractivity contribution in [1.82, 2.24) is 15.1 Å². The molecule has 2 saturated heterocycles. The highest BCUT2D eigenvalue weighted by Crippen LogP contribution is 2.27. The van der Waals surface area contributed by atoms with E-state index in [0.717, 1.165) is 35.2 Å². The molecular formula is C30H35N3O3. The molecule has 5 rings (SSSR count). The minimum atomic E-state index is -0.0586. The standard InChI is InChI=1S/C30H35N3O3/c1-36-25-13-11-23(12-14-25)28(32-17-4-5-18-32)21-31-29(34)24-15-19-33(20-16-24)30(35)27-10-6-8-22-7-2-3-9-26(22)27/h2-3,6-14,24,28H,4-5,15-21H2,1H3,(H,31,34). The van der Waals surface area contributed by atoms with E-state index in [9.17, 15) is 9.59 Å². The number of piperidine rings is 1. The van der Waals surface area contributed by atoms with Gasteiger partial charge in [-0.1, -0.05) is 48.5 Å². The zero-order chi connectivity index (χ0) is 24.9. The second kappa shape index (κ2) is 11.1. The smallest absolute Gasteiger partial charge is 0.254 e. The molecule has 0 aromatic heterocycles. The van der Waals surface area contributed by atoms with Crippen LogP contribution in [0.5, 0.6) is 5.75 Å². The molecule has 36 heavy (non-hydrogen) atoms. The quantitative estimate of drug-likeness (QED) is 0.529. The summed E-state index contributed by atoms with van der Waals surface area (Å²) in [5, 5.41) is 5.30. The lowest BCUT2D eigenvalue weighted by atomic mass is 9.94. The Morgan fingerprint density at radius 3 is 2.33 bits per heavy atom. The van der Waals surface area contributed by atoms with Crippen LogP contribution in [-0.4, -0.2) is 61.4 Å². The average Bonchev–Trinajstić information content (AvgIpc) is 3.47. The van der Waals surface area contributed by atoms with Crippen molar-refractivity contribution in [2.45, 2.75) is 31.7 Å². The molecule has 3 aromatic carbocycles. The predicted octanol–water partition coefficient (Wildman–Crippen LogP) is 4.65. The summed E-state index contributed by atoms with van der Waals surface area (Å²) in [6.45, 7) is 3.92. The maximum atomic E-state index is 13.3. The van der Waals surface area contributed by atoms with Crippen LogP contribution in [0.4, 0.5) is 0 Å². The van der Waals surface area contributed by atoms with Crippen molar-refractivity contribution >= 4 is 22.6 Å². The van der Waals surface area contributed by atoms with E-state index >= 15 is 0 Å². The molecule has 188 valence electrons. The topological polar surface area (TPSA) is 61.9 Å². The SMILES string of the molecule is COc1ccc(C(CNC(=O)C2CCN(C(=O)c3cccc4ccccc34)CC2)N2CCCC2)cc1. The summed E-state index contributed by atoms with van der Waals surface area (Å²) in [7, 11) is 1.67. The van der Waals surface area contributed by atoms with Crippen LogP contribution in [0.25, 0.3) is 10.8 Å². The number of likely N-dealkylation sites (tertiary alicyclic amines) is 2. The molecule has 0 bridgehead atoms. The number of nitrogens with one attached hydrogen (secondary N) is 1. The van der Waals surface area contributed by atoms with Crippen LogP contribution in [0, 0.1) is 5.92 Å². The number of hydrogen-bond donors (Lipinski definition) is 1. The van der Waals surface area contributed by atoms with Crippen molar-refractivity contribution in [3.63, 3.8) is 0 Å². The molecule has 0 spiro atoms. The summed E-state index contributed by atoms with van der Waals surface area (Å²) in [5.74, 6) is 0.939. The van der Waals surface area contributed by atoms with Gasteiger partial charge in [0.05, 0.1) is 13.2 Å². The van der Waals surface area contributed by atoms with Crippen LogP contribution >= 0.6 is 0 Å². The number of fused-ring (bicyclic) bond motifs is 1. The molecule has 6 nitrogen and oxygen atoms in total.